The van der Waals surface area contributed by atoms with Crippen molar-refractivity contribution in [2.75, 3.05) is 20.0 Å². The van der Waals surface area contributed by atoms with Crippen molar-refractivity contribution in [2.24, 2.45) is 0 Å². The van der Waals surface area contributed by atoms with Gasteiger partial charge >= 0.3 is 11.9 Å². The third-order valence-corrected chi connectivity index (χ3v) is 10.9. The molecule has 0 aliphatic carbocycles. The minimum absolute atomic E-state index is 0.138. The summed E-state index contributed by atoms with van der Waals surface area (Å²) >= 11 is 1.51. The number of aliphatic hydroxyl groups excluding tert-OH is 1. The Labute approximate surface area is 334 Å². The van der Waals surface area contributed by atoms with Crippen LogP contribution in [-0.2, 0) is 24.6 Å². The first-order valence-corrected chi connectivity index (χ1v) is 20.4. The lowest BCUT2D eigenvalue weighted by Gasteiger charge is -2.34. The molecule has 2 atom stereocenters. The van der Waals surface area contributed by atoms with Gasteiger partial charge in [-0.1, -0.05) is 159 Å². The van der Waals surface area contributed by atoms with Crippen molar-refractivity contribution in [3.05, 3.63) is 162 Å². The Morgan fingerprint density at radius 1 is 0.732 bits per heavy atom. The first kappa shape index (κ1) is 41.8. The molecule has 0 saturated carbocycles. The molecule has 0 aliphatic heterocycles. The Kier molecular flexibility index (Phi) is 16.6. The highest BCUT2D eigenvalue weighted by molar-refractivity contribution is 8.00. The van der Waals surface area contributed by atoms with E-state index in [1.807, 2.05) is 97.1 Å². The lowest BCUT2D eigenvalue weighted by Crippen LogP contribution is -2.39. The van der Waals surface area contributed by atoms with Crippen molar-refractivity contribution >= 4 is 23.7 Å². The van der Waals surface area contributed by atoms with Crippen LogP contribution in [0.5, 0.6) is 0 Å². The molecule has 9 nitrogen and oxygen atoms in total. The highest BCUT2D eigenvalue weighted by Gasteiger charge is 2.41. The van der Waals surface area contributed by atoms with Crippen LogP contribution in [0.2, 0.25) is 0 Å². The van der Waals surface area contributed by atoms with Gasteiger partial charge in [0.25, 0.3) is 0 Å². The Morgan fingerprint density at radius 2 is 1.30 bits per heavy atom. The van der Waals surface area contributed by atoms with Crippen LogP contribution in [0, 0.1) is 0 Å². The van der Waals surface area contributed by atoms with Crippen molar-refractivity contribution in [2.45, 2.75) is 74.7 Å². The number of carbonyl (C=O) groups is 2. The smallest absolute Gasteiger partial charge is 0.306 e. The molecule has 5 rings (SSSR count). The maximum atomic E-state index is 11.9. The number of benzene rings is 4. The maximum absolute atomic E-state index is 11.9. The molecule has 0 amide bonds. The predicted octanol–water partition coefficient (Wildman–Crippen LogP) is 9.28. The van der Waals surface area contributed by atoms with Gasteiger partial charge < -0.3 is 14.6 Å². The van der Waals surface area contributed by atoms with Gasteiger partial charge in [0, 0.05) is 17.7 Å². The molecule has 10 heteroatoms. The topological polar surface area (TPSA) is 116 Å². The third kappa shape index (κ3) is 11.4. The minimum Gasteiger partial charge on any atom is -0.469 e. The lowest BCUT2D eigenvalue weighted by atomic mass is 9.77. The zero-order valence-corrected chi connectivity index (χ0v) is 33.1. The summed E-state index contributed by atoms with van der Waals surface area (Å²) in [6.45, 7) is 0. The van der Waals surface area contributed by atoms with E-state index >= 15 is 0 Å². The number of tetrazole rings is 1. The number of aromatic nitrogens is 4. The number of allylic oxidation sites excluding steroid dienone is 3. The molecule has 1 heterocycles. The zero-order chi connectivity index (χ0) is 39.4. The van der Waals surface area contributed by atoms with E-state index in [9.17, 15) is 14.7 Å². The summed E-state index contributed by atoms with van der Waals surface area (Å²) in [5, 5.41) is 25.8. The van der Waals surface area contributed by atoms with Crippen LogP contribution in [0.3, 0.4) is 0 Å². The highest BCUT2D eigenvalue weighted by Crippen LogP contribution is 2.40. The van der Waals surface area contributed by atoms with Gasteiger partial charge in [0.1, 0.15) is 0 Å². The Bertz CT molecular complexity index is 1890. The first-order valence-electron chi connectivity index (χ1n) is 19.3. The van der Waals surface area contributed by atoms with Gasteiger partial charge in [-0.25, -0.2) is 0 Å². The van der Waals surface area contributed by atoms with Gasteiger partial charge in [-0.15, -0.1) is 15.0 Å². The number of hydrogen-bond donors (Lipinski definition) is 1. The van der Waals surface area contributed by atoms with Crippen LogP contribution in [0.15, 0.2) is 140 Å². The van der Waals surface area contributed by atoms with E-state index in [2.05, 4.69) is 52.8 Å². The molecule has 0 fully saturated rings. The van der Waals surface area contributed by atoms with E-state index in [-0.39, 0.29) is 23.6 Å². The van der Waals surface area contributed by atoms with Gasteiger partial charge in [-0.05, 0) is 52.8 Å². The number of esters is 2. The van der Waals surface area contributed by atoms with Crippen molar-refractivity contribution in [1.29, 1.82) is 0 Å². The number of methoxy groups -OCH3 is 2. The number of unbranched alkanes of at least 4 members (excludes halogenated alkanes) is 6. The third-order valence-electron chi connectivity index (χ3n) is 9.71. The summed E-state index contributed by atoms with van der Waals surface area (Å²) in [5.74, 6) is 0.506. The lowest BCUT2D eigenvalue weighted by molar-refractivity contribution is -0.141. The summed E-state index contributed by atoms with van der Waals surface area (Å²) < 4.78 is 9.55. The van der Waals surface area contributed by atoms with E-state index < -0.39 is 11.6 Å². The average molecular weight is 773 g/mol. The van der Waals surface area contributed by atoms with Crippen LogP contribution in [0.25, 0.3) is 11.4 Å². The quantitative estimate of drug-likeness (QED) is 0.0318. The van der Waals surface area contributed by atoms with E-state index in [1.165, 1.54) is 26.0 Å². The monoisotopic (exact) mass is 772 g/mol. The molecular weight excluding hydrogens is 721 g/mol. The van der Waals surface area contributed by atoms with Gasteiger partial charge in [0.2, 0.25) is 5.82 Å². The normalized spacial score (nSPS) is 12.8. The van der Waals surface area contributed by atoms with E-state index in [0.717, 1.165) is 67.2 Å². The molecule has 0 bridgehead atoms. The molecule has 0 spiro atoms. The van der Waals surface area contributed by atoms with Gasteiger partial charge in [0.15, 0.2) is 5.54 Å². The molecule has 56 heavy (non-hydrogen) atoms. The first-order chi connectivity index (χ1) is 27.5. The van der Waals surface area contributed by atoms with Gasteiger partial charge in [-0.2, -0.15) is 11.8 Å². The van der Waals surface area contributed by atoms with Crippen LogP contribution < -0.4 is 0 Å². The van der Waals surface area contributed by atoms with Crippen LogP contribution in [0.1, 0.15) is 86.1 Å². The van der Waals surface area contributed by atoms with Crippen LogP contribution >= 0.6 is 11.8 Å². The van der Waals surface area contributed by atoms with Crippen molar-refractivity contribution < 1.29 is 24.2 Å². The number of rotatable bonds is 22. The second-order valence-corrected chi connectivity index (χ2v) is 14.8. The second kappa shape index (κ2) is 22.3. The molecule has 0 aliphatic rings. The zero-order valence-electron chi connectivity index (χ0n) is 32.3. The SMILES string of the molecule is COC(=O)CCCCCCCCC=CC=C[C@@H](SCCC(=O)OC)[C@@H](O)c1cccc(-c2nnn(C(c3ccccc3)(c3ccccc3)c3ccccc3)n2)c1. The second-order valence-electron chi connectivity index (χ2n) is 13.5. The van der Waals surface area contributed by atoms with Gasteiger partial charge in [0.05, 0.1) is 32.0 Å². The summed E-state index contributed by atoms with van der Waals surface area (Å²) in [4.78, 5) is 24.9. The van der Waals surface area contributed by atoms with E-state index in [0.29, 0.717) is 23.6 Å². The van der Waals surface area contributed by atoms with E-state index in [4.69, 9.17) is 14.6 Å². The fraction of sp³-hybridized carbons (Fsp3) is 0.326. The summed E-state index contributed by atoms with van der Waals surface area (Å²) in [5.41, 5.74) is 3.49. The number of hydrogen-bond acceptors (Lipinski definition) is 9. The molecule has 0 unspecified atom stereocenters. The van der Waals surface area contributed by atoms with Crippen molar-refractivity contribution in [3.63, 3.8) is 0 Å². The number of carbonyl (C=O) groups excluding carboxylic acids is 2. The largest absolute Gasteiger partial charge is 0.469 e. The standard InChI is InChI=1S/C46H52N4O5S/c1-54-42(51)32-21-10-8-6-4-3-5-7-9-20-31-41(56-34-33-43(52)55-2)44(53)36-23-22-24-37(35-36)45-47-49-50(48-45)46(38-25-14-11-15-26-38,39-27-16-12-17-28-39)40-29-18-13-19-30-40/h7,9,11-20,22-31,35,41,44,53H,3-6,8,10,21,32-34H2,1-2H3/t41-,44+/m1/s1. The van der Waals surface area contributed by atoms with Crippen molar-refractivity contribution in [3.8, 4) is 11.4 Å². The number of nitrogens with zero attached hydrogens (tertiary/aromatic N) is 4. The molecule has 5 aromatic rings. The molecular formula is C46H52N4O5S. The fourth-order valence-corrected chi connectivity index (χ4v) is 7.83. The summed E-state index contributed by atoms with van der Waals surface area (Å²) in [6.07, 6.45) is 15.4. The van der Waals surface area contributed by atoms with Crippen LogP contribution in [-0.4, -0.2) is 62.5 Å². The Morgan fingerprint density at radius 3 is 1.91 bits per heavy atom. The summed E-state index contributed by atoms with van der Waals surface area (Å²) in [6, 6.07) is 38.2. The minimum atomic E-state index is -0.904. The maximum Gasteiger partial charge on any atom is 0.306 e. The Balaban J connectivity index is 1.33. The predicted molar refractivity (Wildman–Crippen MR) is 223 cm³/mol. The fourth-order valence-electron chi connectivity index (χ4n) is 6.73. The molecule has 0 radical (unpaired) electrons. The van der Waals surface area contributed by atoms with Gasteiger partial charge in [-0.3, -0.25) is 9.59 Å². The molecule has 1 aromatic heterocycles. The molecule has 4 aromatic carbocycles. The number of thioether (sulfide) groups is 1. The highest BCUT2D eigenvalue weighted by atomic mass is 32.2. The molecule has 1 N–H and O–H groups in total. The van der Waals surface area contributed by atoms with Crippen LogP contribution in [0.4, 0.5) is 0 Å². The van der Waals surface area contributed by atoms with E-state index in [1.54, 1.807) is 4.80 Å². The molecule has 292 valence electrons. The Hall–Kier alpha value is -5.32. The molecule has 0 saturated heterocycles. The number of ether oxygens (including phenoxy) is 2. The summed E-state index contributed by atoms with van der Waals surface area (Å²) in [7, 11) is 2.81. The number of aliphatic hydroxyl groups is 1. The average Bonchev–Trinajstić information content (AvgIpc) is 3.75. The van der Waals surface area contributed by atoms with Crippen molar-refractivity contribution in [1.82, 2.24) is 20.2 Å².